The lowest BCUT2D eigenvalue weighted by atomic mass is 10.3. The van der Waals surface area contributed by atoms with E-state index in [4.69, 9.17) is 33.7 Å². The molecule has 0 saturated carbocycles. The Labute approximate surface area is 129 Å². The minimum atomic E-state index is 0.154. The third kappa shape index (κ3) is 2.52. The van der Waals surface area contributed by atoms with E-state index < -0.39 is 0 Å². The number of aromatic nitrogens is 2. The van der Waals surface area contributed by atoms with Gasteiger partial charge in [-0.25, -0.2) is 9.97 Å². The smallest absolute Gasteiger partial charge is 0.169 e. The first-order valence-electron chi connectivity index (χ1n) is 5.71. The second kappa shape index (κ2) is 5.44. The number of ether oxygens (including phenoxy) is 1. The highest BCUT2D eigenvalue weighted by atomic mass is 35.5. The quantitative estimate of drug-likeness (QED) is 0.785. The van der Waals surface area contributed by atoms with Crippen molar-refractivity contribution in [3.63, 3.8) is 0 Å². The number of nitrogens with two attached hydrogens (primary N) is 1. The Morgan fingerprint density at radius 2 is 1.90 bits per heavy atom. The molecule has 3 rings (SSSR count). The molecule has 0 unspecified atom stereocenters. The SMILES string of the molecule is Nc1nc(COc2c(Cl)cccc2Cl)nc2sccc12. The number of nitrogen functional groups attached to an aromatic ring is 1. The summed E-state index contributed by atoms with van der Waals surface area (Å²) in [6.45, 7) is 0.154. The molecule has 2 N–H and O–H groups in total. The van der Waals surface area contributed by atoms with Gasteiger partial charge in [-0.3, -0.25) is 0 Å². The van der Waals surface area contributed by atoms with E-state index in [0.717, 1.165) is 10.2 Å². The predicted molar refractivity (Wildman–Crippen MR) is 82.6 cm³/mol. The largest absolute Gasteiger partial charge is 0.482 e. The molecule has 3 aromatic rings. The molecule has 2 heterocycles. The number of fused-ring (bicyclic) bond motifs is 1. The monoisotopic (exact) mass is 325 g/mol. The van der Waals surface area contributed by atoms with Crippen LogP contribution in [0.1, 0.15) is 5.82 Å². The Morgan fingerprint density at radius 3 is 2.65 bits per heavy atom. The summed E-state index contributed by atoms with van der Waals surface area (Å²) >= 11 is 13.6. The minimum Gasteiger partial charge on any atom is -0.482 e. The molecule has 0 fully saturated rings. The molecule has 102 valence electrons. The van der Waals surface area contributed by atoms with Crippen molar-refractivity contribution in [1.29, 1.82) is 0 Å². The van der Waals surface area contributed by atoms with Crippen LogP contribution in [0.4, 0.5) is 5.82 Å². The van der Waals surface area contributed by atoms with Crippen LogP contribution >= 0.6 is 34.5 Å². The minimum absolute atomic E-state index is 0.154. The van der Waals surface area contributed by atoms with Crippen LogP contribution in [0.2, 0.25) is 10.0 Å². The van der Waals surface area contributed by atoms with Gasteiger partial charge in [-0.1, -0.05) is 29.3 Å². The number of benzene rings is 1. The lowest BCUT2D eigenvalue weighted by Gasteiger charge is -2.09. The van der Waals surface area contributed by atoms with Crippen LogP contribution in [-0.2, 0) is 6.61 Å². The van der Waals surface area contributed by atoms with Gasteiger partial charge >= 0.3 is 0 Å². The molecule has 0 atom stereocenters. The van der Waals surface area contributed by atoms with E-state index in [9.17, 15) is 0 Å². The highest BCUT2D eigenvalue weighted by molar-refractivity contribution is 7.16. The number of hydrogen-bond donors (Lipinski definition) is 1. The van der Waals surface area contributed by atoms with E-state index in [0.29, 0.717) is 27.4 Å². The van der Waals surface area contributed by atoms with E-state index in [1.807, 2.05) is 11.4 Å². The first kappa shape index (κ1) is 13.4. The van der Waals surface area contributed by atoms with Crippen LogP contribution in [0, 0.1) is 0 Å². The number of para-hydroxylation sites is 1. The molecule has 0 radical (unpaired) electrons. The number of halogens is 2. The molecular weight excluding hydrogens is 317 g/mol. The van der Waals surface area contributed by atoms with Crippen molar-refractivity contribution in [2.45, 2.75) is 6.61 Å². The summed E-state index contributed by atoms with van der Waals surface area (Å²) in [7, 11) is 0. The summed E-state index contributed by atoms with van der Waals surface area (Å²) < 4.78 is 5.59. The maximum absolute atomic E-state index is 6.03. The molecule has 0 aliphatic carbocycles. The normalized spacial score (nSPS) is 10.9. The molecule has 0 spiro atoms. The molecule has 0 saturated heterocycles. The fraction of sp³-hybridized carbons (Fsp3) is 0.0769. The van der Waals surface area contributed by atoms with Gasteiger partial charge in [-0.2, -0.15) is 0 Å². The average Bonchev–Trinajstić information content (AvgIpc) is 2.87. The van der Waals surface area contributed by atoms with Crippen molar-refractivity contribution >= 4 is 50.6 Å². The van der Waals surface area contributed by atoms with Crippen LogP contribution in [0.3, 0.4) is 0 Å². The third-order valence-electron chi connectivity index (χ3n) is 2.67. The highest BCUT2D eigenvalue weighted by Crippen LogP contribution is 2.33. The van der Waals surface area contributed by atoms with Gasteiger partial charge in [0, 0.05) is 0 Å². The summed E-state index contributed by atoms with van der Waals surface area (Å²) in [5.41, 5.74) is 5.88. The fourth-order valence-electron chi connectivity index (χ4n) is 1.75. The zero-order valence-electron chi connectivity index (χ0n) is 10.1. The first-order chi connectivity index (χ1) is 9.65. The number of nitrogens with zero attached hydrogens (tertiary/aromatic N) is 2. The van der Waals surface area contributed by atoms with Crippen LogP contribution < -0.4 is 10.5 Å². The molecule has 1 aromatic carbocycles. The second-order valence-corrected chi connectivity index (χ2v) is 5.71. The standard InChI is InChI=1S/C13H9Cl2N3OS/c14-8-2-1-3-9(15)11(8)19-6-10-17-12(16)7-4-5-20-13(7)18-10/h1-5H,6H2,(H2,16,17,18). The van der Waals surface area contributed by atoms with Crippen molar-refractivity contribution in [3.05, 3.63) is 45.5 Å². The fourth-order valence-corrected chi connectivity index (χ4v) is 3.04. The van der Waals surface area contributed by atoms with Crippen LogP contribution in [-0.4, -0.2) is 9.97 Å². The Morgan fingerprint density at radius 1 is 1.15 bits per heavy atom. The van der Waals surface area contributed by atoms with Crippen LogP contribution in [0.25, 0.3) is 10.2 Å². The van der Waals surface area contributed by atoms with Gasteiger partial charge in [0.05, 0.1) is 15.4 Å². The van der Waals surface area contributed by atoms with E-state index in [1.54, 1.807) is 18.2 Å². The summed E-state index contributed by atoms with van der Waals surface area (Å²) in [5, 5.41) is 3.67. The summed E-state index contributed by atoms with van der Waals surface area (Å²) in [4.78, 5) is 9.43. The molecule has 4 nitrogen and oxygen atoms in total. The van der Waals surface area contributed by atoms with Crippen LogP contribution in [0.5, 0.6) is 5.75 Å². The van der Waals surface area contributed by atoms with E-state index in [2.05, 4.69) is 9.97 Å². The van der Waals surface area contributed by atoms with Gasteiger partial charge in [0.25, 0.3) is 0 Å². The maximum Gasteiger partial charge on any atom is 0.169 e. The lowest BCUT2D eigenvalue weighted by molar-refractivity contribution is 0.297. The van der Waals surface area contributed by atoms with Gasteiger partial charge in [-0.05, 0) is 23.6 Å². The van der Waals surface area contributed by atoms with E-state index in [1.165, 1.54) is 11.3 Å². The summed E-state index contributed by atoms with van der Waals surface area (Å²) in [6, 6.07) is 7.07. The summed E-state index contributed by atoms with van der Waals surface area (Å²) in [6.07, 6.45) is 0. The molecule has 2 aromatic heterocycles. The number of rotatable bonds is 3. The molecule has 0 bridgehead atoms. The molecule has 0 amide bonds. The predicted octanol–water partition coefficient (Wildman–Crippen LogP) is 4.16. The third-order valence-corrected chi connectivity index (χ3v) is 4.07. The average molecular weight is 326 g/mol. The Kier molecular flexibility index (Phi) is 3.65. The van der Waals surface area contributed by atoms with Gasteiger partial charge in [0.15, 0.2) is 11.6 Å². The number of hydrogen-bond acceptors (Lipinski definition) is 5. The highest BCUT2D eigenvalue weighted by Gasteiger charge is 2.10. The van der Waals surface area contributed by atoms with E-state index in [-0.39, 0.29) is 6.61 Å². The molecule has 20 heavy (non-hydrogen) atoms. The van der Waals surface area contributed by atoms with Crippen molar-refractivity contribution in [2.75, 3.05) is 5.73 Å². The number of thiophene rings is 1. The van der Waals surface area contributed by atoms with Gasteiger partial charge in [0.2, 0.25) is 0 Å². The topological polar surface area (TPSA) is 61.0 Å². The Hall–Kier alpha value is -1.56. The van der Waals surface area contributed by atoms with Gasteiger partial charge in [-0.15, -0.1) is 11.3 Å². The molecule has 0 aliphatic rings. The lowest BCUT2D eigenvalue weighted by Crippen LogP contribution is -2.04. The second-order valence-electron chi connectivity index (χ2n) is 4.00. The Bertz CT molecular complexity index is 755. The zero-order valence-corrected chi connectivity index (χ0v) is 12.5. The van der Waals surface area contributed by atoms with Gasteiger partial charge in [0.1, 0.15) is 17.3 Å². The number of anilines is 1. The van der Waals surface area contributed by atoms with Crippen molar-refractivity contribution in [1.82, 2.24) is 9.97 Å². The van der Waals surface area contributed by atoms with Crippen molar-refractivity contribution < 1.29 is 4.74 Å². The first-order valence-corrected chi connectivity index (χ1v) is 7.35. The summed E-state index contributed by atoms with van der Waals surface area (Å²) in [5.74, 6) is 1.36. The van der Waals surface area contributed by atoms with E-state index >= 15 is 0 Å². The molecular formula is C13H9Cl2N3OS. The Balaban J connectivity index is 1.87. The van der Waals surface area contributed by atoms with Crippen molar-refractivity contribution in [3.8, 4) is 5.75 Å². The molecule has 0 aliphatic heterocycles. The van der Waals surface area contributed by atoms with Crippen LogP contribution in [0.15, 0.2) is 29.6 Å². The maximum atomic E-state index is 6.03. The zero-order chi connectivity index (χ0) is 14.1. The molecule has 7 heteroatoms. The van der Waals surface area contributed by atoms with Gasteiger partial charge < -0.3 is 10.5 Å². The van der Waals surface area contributed by atoms with Crippen molar-refractivity contribution in [2.24, 2.45) is 0 Å².